The first-order chi connectivity index (χ1) is 14.3. The molecule has 0 radical (unpaired) electrons. The van der Waals surface area contributed by atoms with E-state index >= 15 is 0 Å². The number of unbranched alkanes of at least 4 members (excludes halogenated alkanes) is 1. The van der Waals surface area contributed by atoms with E-state index in [1.165, 1.54) is 42.5 Å². The number of hydrogen-bond donors (Lipinski definition) is 3. The second-order valence-corrected chi connectivity index (χ2v) is 11.6. The van der Waals surface area contributed by atoms with Crippen LogP contribution in [0.4, 0.5) is 5.69 Å². The maximum Gasteiger partial charge on any atom is 0.255 e. The fourth-order valence-electron chi connectivity index (χ4n) is 2.66. The van der Waals surface area contributed by atoms with Crippen LogP contribution in [0.5, 0.6) is 0 Å². The summed E-state index contributed by atoms with van der Waals surface area (Å²) < 4.78 is 54.5. The van der Waals surface area contributed by atoms with Gasteiger partial charge in [0.1, 0.15) is 0 Å². The predicted octanol–water partition coefficient (Wildman–Crippen LogP) is 3.09. The van der Waals surface area contributed by atoms with Crippen molar-refractivity contribution in [2.45, 2.75) is 55.9 Å². The van der Waals surface area contributed by atoms with Crippen LogP contribution in [0.2, 0.25) is 0 Å². The second kappa shape index (κ2) is 9.90. The molecule has 2 aromatic carbocycles. The third kappa shape index (κ3) is 7.42. The number of amides is 1. The molecule has 0 aromatic heterocycles. The van der Waals surface area contributed by atoms with E-state index in [9.17, 15) is 21.6 Å². The van der Waals surface area contributed by atoms with Crippen molar-refractivity contribution in [2.24, 2.45) is 0 Å². The van der Waals surface area contributed by atoms with Gasteiger partial charge in [-0.1, -0.05) is 19.4 Å². The molecule has 31 heavy (non-hydrogen) atoms. The number of rotatable bonds is 9. The standard InChI is InChI=1S/C21H29N3O5S2/c1-5-6-14-22-30(26,27)19-9-7-8-17(15-19)23-20(25)16-10-12-18(13-11-16)31(28,29)24-21(2,3)4/h7-13,15,22,24H,5-6,14H2,1-4H3,(H,23,25). The number of carbonyl (C=O) groups excluding carboxylic acids is 1. The lowest BCUT2D eigenvalue weighted by atomic mass is 10.1. The molecule has 10 heteroatoms. The van der Waals surface area contributed by atoms with Gasteiger partial charge < -0.3 is 5.32 Å². The van der Waals surface area contributed by atoms with Gasteiger partial charge in [0.25, 0.3) is 5.91 Å². The van der Waals surface area contributed by atoms with Crippen molar-refractivity contribution in [3.63, 3.8) is 0 Å². The topological polar surface area (TPSA) is 121 Å². The molecule has 170 valence electrons. The molecule has 0 unspecified atom stereocenters. The Labute approximate surface area is 184 Å². The molecule has 1 amide bonds. The van der Waals surface area contributed by atoms with E-state index in [-0.39, 0.29) is 15.4 Å². The van der Waals surface area contributed by atoms with Gasteiger partial charge in [0, 0.05) is 23.3 Å². The van der Waals surface area contributed by atoms with Gasteiger partial charge in [0.2, 0.25) is 20.0 Å². The first-order valence-corrected chi connectivity index (χ1v) is 12.9. The van der Waals surface area contributed by atoms with Crippen molar-refractivity contribution in [3.8, 4) is 0 Å². The highest BCUT2D eigenvalue weighted by Crippen LogP contribution is 2.18. The van der Waals surface area contributed by atoms with Gasteiger partial charge in [-0.25, -0.2) is 26.3 Å². The number of anilines is 1. The van der Waals surface area contributed by atoms with Gasteiger partial charge in [-0.3, -0.25) is 4.79 Å². The fourth-order valence-corrected chi connectivity index (χ4v) is 5.20. The molecule has 0 aliphatic heterocycles. The molecule has 0 spiro atoms. The quantitative estimate of drug-likeness (QED) is 0.489. The Hall–Kier alpha value is -2.27. The van der Waals surface area contributed by atoms with Crippen LogP contribution in [0.15, 0.2) is 58.3 Å². The first-order valence-electron chi connectivity index (χ1n) is 9.89. The third-order valence-corrected chi connectivity index (χ3v) is 7.32. The zero-order valence-corrected chi connectivity index (χ0v) is 19.7. The molecule has 0 atom stereocenters. The molecule has 0 saturated heterocycles. The Kier molecular flexibility index (Phi) is 7.98. The maximum atomic E-state index is 12.5. The van der Waals surface area contributed by atoms with E-state index in [4.69, 9.17) is 0 Å². The summed E-state index contributed by atoms with van der Waals surface area (Å²) >= 11 is 0. The summed E-state index contributed by atoms with van der Waals surface area (Å²) in [6.45, 7) is 7.52. The third-order valence-electron chi connectivity index (χ3n) is 4.09. The number of hydrogen-bond acceptors (Lipinski definition) is 5. The van der Waals surface area contributed by atoms with E-state index in [1.807, 2.05) is 6.92 Å². The van der Waals surface area contributed by atoms with Gasteiger partial charge in [-0.2, -0.15) is 0 Å². The van der Waals surface area contributed by atoms with E-state index in [0.717, 1.165) is 12.8 Å². The minimum atomic E-state index is -3.71. The van der Waals surface area contributed by atoms with E-state index in [1.54, 1.807) is 26.8 Å². The highest BCUT2D eigenvalue weighted by atomic mass is 32.2. The Bertz CT molecular complexity index is 1120. The summed E-state index contributed by atoms with van der Waals surface area (Å²) in [5.74, 6) is -0.485. The van der Waals surface area contributed by atoms with Crippen molar-refractivity contribution < 1.29 is 21.6 Å². The van der Waals surface area contributed by atoms with Crippen LogP contribution in [-0.2, 0) is 20.0 Å². The lowest BCUT2D eigenvalue weighted by Gasteiger charge is -2.20. The predicted molar refractivity (Wildman–Crippen MR) is 121 cm³/mol. The molecule has 0 fully saturated rings. The summed E-state index contributed by atoms with van der Waals surface area (Å²) in [7, 11) is -7.37. The molecule has 0 bridgehead atoms. The highest BCUT2D eigenvalue weighted by Gasteiger charge is 2.22. The van der Waals surface area contributed by atoms with Crippen molar-refractivity contribution in [1.29, 1.82) is 0 Å². The maximum absolute atomic E-state index is 12.5. The van der Waals surface area contributed by atoms with Crippen molar-refractivity contribution in [3.05, 3.63) is 54.1 Å². The molecule has 0 aliphatic rings. The lowest BCUT2D eigenvalue weighted by molar-refractivity contribution is 0.102. The smallest absolute Gasteiger partial charge is 0.255 e. The van der Waals surface area contributed by atoms with Crippen LogP contribution >= 0.6 is 0 Å². The zero-order valence-electron chi connectivity index (χ0n) is 18.1. The lowest BCUT2D eigenvalue weighted by Crippen LogP contribution is -2.40. The van der Waals surface area contributed by atoms with Gasteiger partial charge in [0.05, 0.1) is 9.79 Å². The Morgan fingerprint density at radius 2 is 1.55 bits per heavy atom. The van der Waals surface area contributed by atoms with Crippen LogP contribution < -0.4 is 14.8 Å². The molecular formula is C21H29N3O5S2. The normalized spacial score (nSPS) is 12.5. The zero-order chi connectivity index (χ0) is 23.3. The molecule has 0 heterocycles. The minimum absolute atomic E-state index is 0.0465. The molecule has 0 saturated carbocycles. The SMILES string of the molecule is CCCCNS(=O)(=O)c1cccc(NC(=O)c2ccc(S(=O)(=O)NC(C)(C)C)cc2)c1. The molecule has 8 nitrogen and oxygen atoms in total. The molecule has 2 rings (SSSR count). The summed E-state index contributed by atoms with van der Waals surface area (Å²) in [5, 5.41) is 2.64. The Balaban J connectivity index is 2.14. The van der Waals surface area contributed by atoms with Crippen LogP contribution in [-0.4, -0.2) is 34.8 Å². The summed E-state index contributed by atoms with van der Waals surface area (Å²) in [6, 6.07) is 11.4. The van der Waals surface area contributed by atoms with Crippen LogP contribution in [0.1, 0.15) is 50.9 Å². The second-order valence-electron chi connectivity index (χ2n) is 8.11. The van der Waals surface area contributed by atoms with Crippen molar-refractivity contribution in [1.82, 2.24) is 9.44 Å². The Morgan fingerprint density at radius 1 is 0.903 bits per heavy atom. The van der Waals surface area contributed by atoms with Crippen LogP contribution in [0.25, 0.3) is 0 Å². The fraction of sp³-hybridized carbons (Fsp3) is 0.381. The Morgan fingerprint density at radius 3 is 2.13 bits per heavy atom. The number of sulfonamides is 2. The number of carbonyl (C=O) groups is 1. The van der Waals surface area contributed by atoms with E-state index in [2.05, 4.69) is 14.8 Å². The number of benzene rings is 2. The largest absolute Gasteiger partial charge is 0.322 e. The summed E-state index contributed by atoms with van der Waals surface area (Å²) in [4.78, 5) is 12.6. The van der Waals surface area contributed by atoms with Crippen LogP contribution in [0.3, 0.4) is 0 Å². The van der Waals surface area contributed by atoms with Gasteiger partial charge >= 0.3 is 0 Å². The average molecular weight is 468 g/mol. The van der Waals surface area contributed by atoms with E-state index < -0.39 is 31.5 Å². The first kappa shape index (κ1) is 25.0. The van der Waals surface area contributed by atoms with Crippen molar-refractivity contribution >= 4 is 31.6 Å². The minimum Gasteiger partial charge on any atom is -0.322 e. The van der Waals surface area contributed by atoms with Crippen LogP contribution in [0, 0.1) is 0 Å². The average Bonchev–Trinajstić information content (AvgIpc) is 2.66. The molecule has 0 aliphatic carbocycles. The number of nitrogens with one attached hydrogen (secondary N) is 3. The van der Waals surface area contributed by atoms with Gasteiger partial charge in [-0.15, -0.1) is 0 Å². The monoisotopic (exact) mass is 467 g/mol. The molecular weight excluding hydrogens is 438 g/mol. The van der Waals surface area contributed by atoms with Gasteiger partial charge in [-0.05, 0) is 69.7 Å². The van der Waals surface area contributed by atoms with Crippen molar-refractivity contribution in [2.75, 3.05) is 11.9 Å². The molecule has 2 aromatic rings. The van der Waals surface area contributed by atoms with E-state index in [0.29, 0.717) is 12.2 Å². The van der Waals surface area contributed by atoms with Gasteiger partial charge in [0.15, 0.2) is 0 Å². The summed E-state index contributed by atoms with van der Waals surface area (Å²) in [6.07, 6.45) is 1.59. The summed E-state index contributed by atoms with van der Waals surface area (Å²) in [5.41, 5.74) is -0.0791. The highest BCUT2D eigenvalue weighted by molar-refractivity contribution is 7.89. The molecule has 3 N–H and O–H groups in total.